The Hall–Kier alpha value is -3.42. The predicted octanol–water partition coefficient (Wildman–Crippen LogP) is 5.48. The monoisotopic (exact) mass is 699 g/mol. The number of carbonyl (C=O) groups excluding carboxylic acids is 3. The summed E-state index contributed by atoms with van der Waals surface area (Å²) in [6.07, 6.45) is 19.9. The zero-order valence-corrected chi connectivity index (χ0v) is 30.8. The van der Waals surface area contributed by atoms with Crippen LogP contribution in [-0.2, 0) is 19.4 Å². The number of hydrogen-bond donors (Lipinski definition) is 2. The summed E-state index contributed by atoms with van der Waals surface area (Å²) in [5, 5.41) is 3.03. The van der Waals surface area contributed by atoms with Gasteiger partial charge in [0.2, 0.25) is 12.8 Å². The number of nitrogens with two attached hydrogens (primary N) is 1. The molecule has 0 aliphatic carbocycles. The second-order valence-electron chi connectivity index (χ2n) is 12.3. The van der Waals surface area contributed by atoms with Crippen LogP contribution in [0.25, 0.3) is 0 Å². The number of imide groups is 1. The number of alkyl halides is 2. The number of carbonyl (C=O) groups is 3. The summed E-state index contributed by atoms with van der Waals surface area (Å²) < 4.78 is 47.6. The lowest BCUT2D eigenvalue weighted by Crippen LogP contribution is -2.56. The Bertz CT molecular complexity index is 1220. The first-order chi connectivity index (χ1) is 22.3. The fraction of sp³-hybridized carbons (Fsp3) is 0.571. The van der Waals surface area contributed by atoms with Crippen LogP contribution in [0.15, 0.2) is 72.2 Å². The molecule has 48 heavy (non-hydrogen) atoms. The van der Waals surface area contributed by atoms with Crippen molar-refractivity contribution >= 4 is 28.7 Å². The van der Waals surface area contributed by atoms with Crippen molar-refractivity contribution in [1.82, 2.24) is 20.0 Å². The Kier molecular flexibility index (Phi) is 24.0. The predicted molar refractivity (Wildman–Crippen MR) is 193 cm³/mol. The number of allylic oxidation sites excluding steroid dienone is 8. The van der Waals surface area contributed by atoms with E-state index >= 15 is 0 Å². The van der Waals surface area contributed by atoms with E-state index in [9.17, 15) is 26.8 Å². The number of nitrogens with zero attached hydrogens (tertiary/aromatic N) is 3. The van der Waals surface area contributed by atoms with Crippen LogP contribution in [-0.4, -0.2) is 106 Å². The minimum absolute atomic E-state index is 0.0677. The normalized spacial score (nSPS) is 16.3. The van der Waals surface area contributed by atoms with Crippen molar-refractivity contribution in [3.8, 4) is 0 Å². The van der Waals surface area contributed by atoms with Gasteiger partial charge >= 0.3 is 6.03 Å². The van der Waals surface area contributed by atoms with Gasteiger partial charge in [0.25, 0.3) is 5.92 Å². The van der Waals surface area contributed by atoms with Crippen molar-refractivity contribution in [2.45, 2.75) is 71.8 Å². The van der Waals surface area contributed by atoms with Crippen molar-refractivity contribution in [3.05, 3.63) is 72.2 Å². The summed E-state index contributed by atoms with van der Waals surface area (Å²) >= 11 is 0. The van der Waals surface area contributed by atoms with Crippen LogP contribution in [0.1, 0.15) is 60.3 Å². The summed E-state index contributed by atoms with van der Waals surface area (Å²) in [5.41, 5.74) is 4.45. The molecular formula is C35H59F2N5O5S. The molecule has 1 fully saturated rings. The third-order valence-electron chi connectivity index (χ3n) is 7.36. The van der Waals surface area contributed by atoms with E-state index in [4.69, 9.17) is 4.79 Å². The smallest absolute Gasteiger partial charge is 0.324 e. The molecule has 0 aromatic carbocycles. The maximum atomic E-state index is 12.8. The van der Waals surface area contributed by atoms with Gasteiger partial charge in [-0.3, -0.25) is 14.5 Å². The molecule has 0 bridgehead atoms. The quantitative estimate of drug-likeness (QED) is 0.152. The van der Waals surface area contributed by atoms with E-state index in [0.717, 1.165) is 63.4 Å². The van der Waals surface area contributed by atoms with Gasteiger partial charge in [0, 0.05) is 31.8 Å². The number of amides is 4. The molecule has 0 radical (unpaired) electrons. The highest BCUT2D eigenvalue weighted by molar-refractivity contribution is 7.94. The zero-order chi connectivity index (χ0) is 37.4. The van der Waals surface area contributed by atoms with Crippen LogP contribution in [0, 0.1) is 5.92 Å². The number of piperidine rings is 1. The van der Waals surface area contributed by atoms with E-state index in [0.29, 0.717) is 24.4 Å². The van der Waals surface area contributed by atoms with Gasteiger partial charge in [-0.15, -0.1) is 0 Å². The van der Waals surface area contributed by atoms with Crippen LogP contribution in [0.4, 0.5) is 13.6 Å². The Morgan fingerprint density at radius 3 is 2.17 bits per heavy atom. The van der Waals surface area contributed by atoms with Crippen molar-refractivity contribution in [2.75, 3.05) is 52.6 Å². The number of sulfone groups is 1. The highest BCUT2D eigenvalue weighted by atomic mass is 32.2. The highest BCUT2D eigenvalue weighted by Gasteiger charge is 2.32. The first-order valence-corrected chi connectivity index (χ1v) is 17.8. The topological polar surface area (TPSA) is 133 Å². The fourth-order valence-corrected chi connectivity index (χ4v) is 5.10. The molecule has 1 heterocycles. The maximum absolute atomic E-state index is 12.8. The molecule has 1 aliphatic heterocycles. The zero-order valence-electron chi connectivity index (χ0n) is 30.0. The average molecular weight is 700 g/mol. The summed E-state index contributed by atoms with van der Waals surface area (Å²) in [6, 6.07) is -0.448. The molecule has 1 aliphatic rings. The Balaban J connectivity index is 0. The number of rotatable bonds is 17. The molecule has 4 amide bonds. The van der Waals surface area contributed by atoms with Crippen LogP contribution in [0.2, 0.25) is 0 Å². The van der Waals surface area contributed by atoms with Crippen LogP contribution >= 0.6 is 0 Å². The van der Waals surface area contributed by atoms with E-state index in [1.54, 1.807) is 31.0 Å². The molecule has 1 saturated heterocycles. The van der Waals surface area contributed by atoms with E-state index in [1.807, 2.05) is 26.0 Å². The lowest BCUT2D eigenvalue weighted by molar-refractivity contribution is -0.115. The van der Waals surface area contributed by atoms with Crippen LogP contribution < -0.4 is 11.1 Å². The Labute approximate surface area is 288 Å². The van der Waals surface area contributed by atoms with Crippen LogP contribution in [0.3, 0.4) is 0 Å². The van der Waals surface area contributed by atoms with Crippen molar-refractivity contribution in [3.63, 3.8) is 0 Å². The standard InChI is InChI=1S/C28H43N3O4S.C6H13F2N.CH3NO/c1-7-9-10-11-13-24(3)14-12-19-30-20-17-28(5,18-21-30)29-27(33)31(23-32)22-25(4)15-16-26(8-2)36(6,34)35;1-4-9(3)5-6(2,7)8;2-1-3/h7-11,13,15-16,23-24H,1-2,12,14,17-22H2,3-6H3,(H,29,33);4-5H2,1-3H3;1H,(H2,2,3)/b10-9-,13-11-,25-15+,26-16+;;. The third-order valence-corrected chi connectivity index (χ3v) is 8.52. The number of primary amides is 1. The lowest BCUT2D eigenvalue weighted by Gasteiger charge is -2.40. The second-order valence-corrected chi connectivity index (χ2v) is 14.3. The SMILES string of the molecule is C=C/C=C\C=C/C(C)CCCN1CCC(C)(NC(=O)N(C=O)C/C(C)=C/C=C(\C=C)S(C)(=O)=O)CC1.CCN(C)CC(C)(F)F.NC=O. The molecule has 1 rings (SSSR count). The molecule has 274 valence electrons. The number of halogens is 2. The van der Waals surface area contributed by atoms with Crippen molar-refractivity contribution in [1.29, 1.82) is 0 Å². The van der Waals surface area contributed by atoms with Gasteiger partial charge < -0.3 is 20.9 Å². The Morgan fingerprint density at radius 1 is 1.15 bits per heavy atom. The van der Waals surface area contributed by atoms with Gasteiger partial charge in [-0.05, 0) is 71.7 Å². The number of urea groups is 1. The molecule has 1 atom stereocenters. The van der Waals surface area contributed by atoms with E-state index < -0.39 is 21.8 Å². The Morgan fingerprint density at radius 2 is 1.73 bits per heavy atom. The van der Waals surface area contributed by atoms with Crippen molar-refractivity contribution < 1.29 is 31.6 Å². The third kappa shape index (κ3) is 23.8. The van der Waals surface area contributed by atoms with E-state index in [2.05, 4.69) is 48.2 Å². The van der Waals surface area contributed by atoms with Crippen molar-refractivity contribution in [2.24, 2.45) is 11.7 Å². The molecule has 0 aromatic heterocycles. The number of nitrogens with one attached hydrogen (secondary N) is 1. The summed E-state index contributed by atoms with van der Waals surface area (Å²) in [6.45, 7) is 19.3. The van der Waals surface area contributed by atoms with Gasteiger partial charge in [-0.25, -0.2) is 22.0 Å². The summed E-state index contributed by atoms with van der Waals surface area (Å²) in [5.74, 6) is -2.03. The molecule has 0 saturated carbocycles. The van der Waals surface area contributed by atoms with Gasteiger partial charge in [0.05, 0.1) is 18.0 Å². The summed E-state index contributed by atoms with van der Waals surface area (Å²) in [4.78, 5) is 38.1. The number of hydrogen-bond acceptors (Lipinski definition) is 7. The van der Waals surface area contributed by atoms with Crippen LogP contribution in [0.5, 0.6) is 0 Å². The molecule has 13 heteroatoms. The first kappa shape index (κ1) is 46.7. The average Bonchev–Trinajstić information content (AvgIpc) is 2.98. The minimum atomic E-state index is -3.39. The molecule has 3 N–H and O–H groups in total. The molecule has 10 nitrogen and oxygen atoms in total. The summed E-state index contributed by atoms with van der Waals surface area (Å²) in [7, 11) is -1.71. The minimum Gasteiger partial charge on any atom is -0.372 e. The first-order valence-electron chi connectivity index (χ1n) is 15.9. The van der Waals surface area contributed by atoms with Gasteiger partial charge in [-0.1, -0.05) is 75.1 Å². The van der Waals surface area contributed by atoms with Gasteiger partial charge in [0.15, 0.2) is 9.84 Å². The number of likely N-dealkylation sites (tertiary alicyclic amines) is 1. The molecule has 0 spiro atoms. The fourth-order valence-electron chi connectivity index (χ4n) is 4.49. The lowest BCUT2D eigenvalue weighted by atomic mass is 9.89. The van der Waals surface area contributed by atoms with Gasteiger partial charge in [-0.2, -0.15) is 0 Å². The van der Waals surface area contributed by atoms with Gasteiger partial charge in [0.1, 0.15) is 0 Å². The molecule has 1 unspecified atom stereocenters. The largest absolute Gasteiger partial charge is 0.372 e. The van der Waals surface area contributed by atoms with E-state index in [1.165, 1.54) is 12.2 Å². The molecular weight excluding hydrogens is 640 g/mol. The maximum Gasteiger partial charge on any atom is 0.324 e. The van der Waals surface area contributed by atoms with E-state index in [-0.39, 0.29) is 29.9 Å². The second kappa shape index (κ2) is 24.7. The molecule has 0 aromatic rings. The highest BCUT2D eigenvalue weighted by Crippen LogP contribution is 2.23.